The molecule has 1 heteroatoms. The third kappa shape index (κ3) is 1.16. The minimum atomic E-state index is 1.19. The lowest BCUT2D eigenvalue weighted by Crippen LogP contribution is -2.37. The van der Waals surface area contributed by atoms with Crippen LogP contribution in [0.1, 0.15) is 13.3 Å². The van der Waals surface area contributed by atoms with Crippen LogP contribution in [0.5, 0.6) is 0 Å². The number of likely N-dealkylation sites (tertiary alicyclic amines) is 1. The molecule has 41 valence electrons. The second-order valence-corrected chi connectivity index (χ2v) is 2.06. The van der Waals surface area contributed by atoms with Gasteiger partial charge < -0.3 is 4.90 Å². The molecule has 7 heavy (non-hydrogen) atoms. The van der Waals surface area contributed by atoms with Crippen LogP contribution in [-0.2, 0) is 0 Å². The van der Waals surface area contributed by atoms with Crippen molar-refractivity contribution in [3.05, 3.63) is 6.42 Å². The molecule has 0 bridgehead atoms. The van der Waals surface area contributed by atoms with Crippen molar-refractivity contribution in [2.45, 2.75) is 13.3 Å². The predicted octanol–water partition coefficient (Wildman–Crippen LogP) is 0.916. The van der Waals surface area contributed by atoms with Crippen LogP contribution in [0.4, 0.5) is 0 Å². The molecule has 1 saturated heterocycles. The fourth-order valence-electron chi connectivity index (χ4n) is 0.822. The first-order valence-corrected chi connectivity index (χ1v) is 2.93. The topological polar surface area (TPSA) is 3.24 Å². The summed E-state index contributed by atoms with van der Waals surface area (Å²) in [6.45, 7) is 5.95. The maximum atomic E-state index is 2.43. The minimum Gasteiger partial charge on any atom is -0.303 e. The third-order valence-electron chi connectivity index (χ3n) is 1.39. The molecule has 1 rings (SSSR count). The molecule has 0 aliphatic carbocycles. The van der Waals surface area contributed by atoms with E-state index in [0.717, 1.165) is 0 Å². The van der Waals surface area contributed by atoms with Crippen LogP contribution in [0, 0.1) is 6.42 Å². The minimum absolute atomic E-state index is 1.19. The molecule has 0 aromatic rings. The van der Waals surface area contributed by atoms with Crippen LogP contribution < -0.4 is 0 Å². The zero-order valence-electron chi connectivity index (χ0n) is 4.85. The van der Waals surface area contributed by atoms with Crippen LogP contribution in [0.3, 0.4) is 0 Å². The number of hydrogen-bond donors (Lipinski definition) is 0. The van der Waals surface area contributed by atoms with Gasteiger partial charge in [0.05, 0.1) is 0 Å². The van der Waals surface area contributed by atoms with Crippen molar-refractivity contribution in [3.8, 4) is 0 Å². The van der Waals surface area contributed by atoms with E-state index >= 15 is 0 Å². The van der Waals surface area contributed by atoms with E-state index in [-0.39, 0.29) is 0 Å². The lowest BCUT2D eigenvalue weighted by molar-refractivity contribution is 0.197. The fraction of sp³-hybridized carbons (Fsp3) is 0.833. The summed E-state index contributed by atoms with van der Waals surface area (Å²) in [5, 5.41) is 0. The van der Waals surface area contributed by atoms with E-state index in [4.69, 9.17) is 0 Å². The van der Waals surface area contributed by atoms with Gasteiger partial charge in [0.1, 0.15) is 0 Å². The molecule has 0 atom stereocenters. The first kappa shape index (κ1) is 5.10. The SMILES string of the molecule is C[CH]CN1CCC1. The first-order valence-electron chi connectivity index (χ1n) is 2.93. The zero-order chi connectivity index (χ0) is 5.11. The van der Waals surface area contributed by atoms with Crippen LogP contribution in [-0.4, -0.2) is 24.5 Å². The molecule has 0 saturated carbocycles. The smallest absolute Gasteiger partial charge is 0.00101 e. The standard InChI is InChI=1S/C6H12N/c1-2-4-7-5-3-6-7/h2H,3-6H2,1H3. The largest absolute Gasteiger partial charge is 0.303 e. The van der Waals surface area contributed by atoms with Gasteiger partial charge in [0.15, 0.2) is 0 Å². The summed E-state index contributed by atoms with van der Waals surface area (Å²) in [5.74, 6) is 0. The lowest BCUT2D eigenvalue weighted by atomic mass is 10.2. The Hall–Kier alpha value is -0.0400. The molecular weight excluding hydrogens is 86.1 g/mol. The summed E-state index contributed by atoms with van der Waals surface area (Å²) in [4.78, 5) is 2.43. The van der Waals surface area contributed by atoms with Crippen molar-refractivity contribution in [1.82, 2.24) is 4.90 Å². The molecule has 0 unspecified atom stereocenters. The Labute approximate surface area is 45.3 Å². The van der Waals surface area contributed by atoms with E-state index in [1.54, 1.807) is 0 Å². The predicted molar refractivity (Wildman–Crippen MR) is 31.0 cm³/mol. The van der Waals surface area contributed by atoms with E-state index < -0.39 is 0 Å². The van der Waals surface area contributed by atoms with Gasteiger partial charge in [-0.05, 0) is 25.9 Å². The summed E-state index contributed by atoms with van der Waals surface area (Å²) < 4.78 is 0. The van der Waals surface area contributed by atoms with Crippen molar-refractivity contribution in [2.24, 2.45) is 0 Å². The Bertz CT molecular complexity index is 48.1. The molecule has 1 aliphatic heterocycles. The monoisotopic (exact) mass is 98.1 g/mol. The maximum Gasteiger partial charge on any atom is 0.00101 e. The van der Waals surface area contributed by atoms with E-state index in [2.05, 4.69) is 18.2 Å². The van der Waals surface area contributed by atoms with Crippen molar-refractivity contribution >= 4 is 0 Å². The average Bonchev–Trinajstić information content (AvgIpc) is 1.55. The van der Waals surface area contributed by atoms with Crippen molar-refractivity contribution in [2.75, 3.05) is 19.6 Å². The normalized spacial score (nSPS) is 21.9. The molecule has 1 heterocycles. The summed E-state index contributed by atoms with van der Waals surface area (Å²) in [7, 11) is 0. The van der Waals surface area contributed by atoms with Gasteiger partial charge in [0.25, 0.3) is 0 Å². The number of hydrogen-bond acceptors (Lipinski definition) is 1. The van der Waals surface area contributed by atoms with Crippen LogP contribution in [0.2, 0.25) is 0 Å². The van der Waals surface area contributed by atoms with Gasteiger partial charge in [-0.15, -0.1) is 0 Å². The summed E-state index contributed by atoms with van der Waals surface area (Å²) in [6.07, 6.45) is 3.62. The summed E-state index contributed by atoms with van der Waals surface area (Å²) >= 11 is 0. The average molecular weight is 98.2 g/mol. The lowest BCUT2D eigenvalue weighted by Gasteiger charge is -2.29. The summed E-state index contributed by atoms with van der Waals surface area (Å²) in [6, 6.07) is 0. The molecule has 1 fully saturated rings. The molecule has 0 N–H and O–H groups in total. The van der Waals surface area contributed by atoms with Crippen LogP contribution in [0.15, 0.2) is 0 Å². The summed E-state index contributed by atoms with van der Waals surface area (Å²) in [5.41, 5.74) is 0. The highest BCUT2D eigenvalue weighted by atomic mass is 15.2. The number of nitrogens with zero attached hydrogens (tertiary/aromatic N) is 1. The highest BCUT2D eigenvalue weighted by molar-refractivity contribution is 4.72. The Morgan fingerprint density at radius 2 is 2.29 bits per heavy atom. The number of rotatable bonds is 2. The van der Waals surface area contributed by atoms with Gasteiger partial charge >= 0.3 is 0 Å². The molecule has 0 aromatic heterocycles. The maximum absolute atomic E-state index is 2.43. The van der Waals surface area contributed by atoms with Crippen molar-refractivity contribution in [3.63, 3.8) is 0 Å². The molecular formula is C6H12N. The van der Waals surface area contributed by atoms with E-state index in [9.17, 15) is 0 Å². The van der Waals surface area contributed by atoms with Crippen molar-refractivity contribution < 1.29 is 0 Å². The van der Waals surface area contributed by atoms with E-state index in [0.29, 0.717) is 0 Å². The quantitative estimate of drug-likeness (QED) is 0.496. The Morgan fingerprint density at radius 3 is 2.43 bits per heavy atom. The van der Waals surface area contributed by atoms with Gasteiger partial charge in [-0.2, -0.15) is 0 Å². The third-order valence-corrected chi connectivity index (χ3v) is 1.39. The Kier molecular flexibility index (Phi) is 1.69. The Balaban J connectivity index is 1.93. The molecule has 0 spiro atoms. The Morgan fingerprint density at radius 1 is 1.57 bits per heavy atom. The van der Waals surface area contributed by atoms with Gasteiger partial charge in [-0.1, -0.05) is 6.92 Å². The highest BCUT2D eigenvalue weighted by Gasteiger charge is 2.10. The molecule has 1 radical (unpaired) electrons. The van der Waals surface area contributed by atoms with Gasteiger partial charge in [0.2, 0.25) is 0 Å². The van der Waals surface area contributed by atoms with Crippen LogP contribution >= 0.6 is 0 Å². The second kappa shape index (κ2) is 2.31. The van der Waals surface area contributed by atoms with Crippen molar-refractivity contribution in [1.29, 1.82) is 0 Å². The fourth-order valence-corrected chi connectivity index (χ4v) is 0.822. The molecule has 1 aliphatic rings. The van der Waals surface area contributed by atoms with E-state index in [1.807, 2.05) is 0 Å². The van der Waals surface area contributed by atoms with Gasteiger partial charge in [-0.25, -0.2) is 0 Å². The zero-order valence-corrected chi connectivity index (χ0v) is 4.85. The van der Waals surface area contributed by atoms with Gasteiger partial charge in [-0.3, -0.25) is 0 Å². The molecule has 1 nitrogen and oxygen atoms in total. The van der Waals surface area contributed by atoms with E-state index in [1.165, 1.54) is 26.1 Å². The molecule has 0 aromatic carbocycles. The molecule has 0 amide bonds. The second-order valence-electron chi connectivity index (χ2n) is 2.06. The first-order chi connectivity index (χ1) is 3.43. The van der Waals surface area contributed by atoms with Crippen LogP contribution in [0.25, 0.3) is 0 Å². The highest BCUT2D eigenvalue weighted by Crippen LogP contribution is 2.04. The van der Waals surface area contributed by atoms with Gasteiger partial charge in [0, 0.05) is 6.54 Å².